The van der Waals surface area contributed by atoms with Gasteiger partial charge < -0.3 is 10.4 Å². The third-order valence-electron chi connectivity index (χ3n) is 3.42. The third kappa shape index (κ3) is 5.48. The van der Waals surface area contributed by atoms with Crippen LogP contribution in [-0.2, 0) is 11.3 Å². The molecule has 1 aromatic carbocycles. The van der Waals surface area contributed by atoms with Crippen molar-refractivity contribution in [1.29, 1.82) is 0 Å². The Balaban J connectivity index is 2.89. The molecule has 0 saturated carbocycles. The normalized spacial score (nSPS) is 12.5. The van der Waals surface area contributed by atoms with Crippen LogP contribution in [0, 0.1) is 0 Å². The lowest BCUT2D eigenvalue weighted by Gasteiger charge is -2.39. The number of hydrogen-bond acceptors (Lipinski definition) is 3. The number of carbonyl (C=O) groups excluding carboxylic acids is 1. The molecular formula is C17H28N2O2. The number of benzene rings is 1. The van der Waals surface area contributed by atoms with E-state index in [9.17, 15) is 9.90 Å². The summed E-state index contributed by atoms with van der Waals surface area (Å²) in [5.41, 5.74) is 0.167. The van der Waals surface area contributed by atoms with Crippen molar-refractivity contribution in [2.75, 3.05) is 13.2 Å². The van der Waals surface area contributed by atoms with Crippen molar-refractivity contribution >= 4 is 5.91 Å². The molecule has 1 amide bonds. The predicted octanol–water partition coefficient (Wildman–Crippen LogP) is 2.17. The zero-order valence-electron chi connectivity index (χ0n) is 13.8. The van der Waals surface area contributed by atoms with Gasteiger partial charge in [-0.15, -0.1) is 0 Å². The van der Waals surface area contributed by atoms with Crippen molar-refractivity contribution in [3.05, 3.63) is 35.9 Å². The summed E-state index contributed by atoms with van der Waals surface area (Å²) in [6.07, 6.45) is 0. The van der Waals surface area contributed by atoms with Gasteiger partial charge in [0.15, 0.2) is 0 Å². The highest BCUT2D eigenvalue weighted by Gasteiger charge is 2.35. The molecule has 4 heteroatoms. The number of rotatable bonds is 6. The summed E-state index contributed by atoms with van der Waals surface area (Å²) in [4.78, 5) is 14.6. The van der Waals surface area contributed by atoms with Crippen LogP contribution in [-0.4, -0.2) is 40.1 Å². The molecule has 0 heterocycles. The van der Waals surface area contributed by atoms with Crippen LogP contribution >= 0.6 is 0 Å². The number of nitrogens with one attached hydrogen (secondary N) is 1. The van der Waals surface area contributed by atoms with Crippen molar-refractivity contribution in [3.8, 4) is 0 Å². The van der Waals surface area contributed by atoms with Gasteiger partial charge in [-0.1, -0.05) is 30.3 Å². The molecule has 0 unspecified atom stereocenters. The Morgan fingerprint density at radius 1 is 1.14 bits per heavy atom. The van der Waals surface area contributed by atoms with Gasteiger partial charge in [-0.05, 0) is 40.2 Å². The summed E-state index contributed by atoms with van der Waals surface area (Å²) in [5.74, 6) is -0.0284. The van der Waals surface area contributed by atoms with E-state index in [-0.39, 0.29) is 18.1 Å². The van der Waals surface area contributed by atoms with Crippen molar-refractivity contribution in [1.82, 2.24) is 10.2 Å². The van der Waals surface area contributed by atoms with Gasteiger partial charge in [-0.2, -0.15) is 0 Å². The maximum absolute atomic E-state index is 12.6. The van der Waals surface area contributed by atoms with E-state index in [0.29, 0.717) is 13.1 Å². The zero-order valence-corrected chi connectivity index (χ0v) is 13.8. The summed E-state index contributed by atoms with van der Waals surface area (Å²) in [6, 6.07) is 9.99. The van der Waals surface area contributed by atoms with E-state index in [0.717, 1.165) is 5.56 Å². The van der Waals surface area contributed by atoms with Gasteiger partial charge in [0.1, 0.15) is 0 Å². The first-order chi connectivity index (χ1) is 9.66. The second-order valence-electron chi connectivity index (χ2n) is 6.89. The van der Waals surface area contributed by atoms with Gasteiger partial charge >= 0.3 is 0 Å². The summed E-state index contributed by atoms with van der Waals surface area (Å²) >= 11 is 0. The monoisotopic (exact) mass is 292 g/mol. The Hall–Kier alpha value is -1.39. The number of aliphatic hydroxyl groups is 1. The van der Waals surface area contributed by atoms with Crippen molar-refractivity contribution in [3.63, 3.8) is 0 Å². The van der Waals surface area contributed by atoms with Crippen LogP contribution in [0.2, 0.25) is 0 Å². The molecule has 0 aliphatic rings. The fraction of sp³-hybridized carbons (Fsp3) is 0.588. The summed E-state index contributed by atoms with van der Waals surface area (Å²) in [5, 5.41) is 12.3. The van der Waals surface area contributed by atoms with Crippen LogP contribution < -0.4 is 5.32 Å². The van der Waals surface area contributed by atoms with E-state index >= 15 is 0 Å². The van der Waals surface area contributed by atoms with E-state index in [2.05, 4.69) is 5.32 Å². The molecule has 0 radical (unpaired) electrons. The van der Waals surface area contributed by atoms with E-state index < -0.39 is 5.54 Å². The first kappa shape index (κ1) is 17.7. The lowest BCUT2D eigenvalue weighted by Crippen LogP contribution is -2.58. The first-order valence-corrected chi connectivity index (χ1v) is 7.39. The van der Waals surface area contributed by atoms with Crippen LogP contribution in [0.1, 0.15) is 40.2 Å². The van der Waals surface area contributed by atoms with Gasteiger partial charge in [0.25, 0.3) is 0 Å². The Labute approximate surface area is 128 Å². The quantitative estimate of drug-likeness (QED) is 0.845. The average Bonchev–Trinajstić information content (AvgIpc) is 2.37. The molecule has 118 valence electrons. The molecule has 0 fully saturated rings. The topological polar surface area (TPSA) is 52.6 Å². The lowest BCUT2D eigenvalue weighted by atomic mass is 9.97. The van der Waals surface area contributed by atoms with Crippen molar-refractivity contribution < 1.29 is 9.90 Å². The fourth-order valence-electron chi connectivity index (χ4n) is 2.12. The van der Waals surface area contributed by atoms with Crippen LogP contribution in [0.25, 0.3) is 0 Å². The molecule has 0 aromatic heterocycles. The minimum atomic E-state index is -0.689. The van der Waals surface area contributed by atoms with E-state index in [4.69, 9.17) is 0 Å². The SMILES string of the molecule is CC(C)(C)NC(=O)C(C)(C)N(CCO)Cc1ccccc1. The Morgan fingerprint density at radius 3 is 2.19 bits per heavy atom. The first-order valence-electron chi connectivity index (χ1n) is 7.39. The second kappa shape index (κ2) is 7.05. The van der Waals surface area contributed by atoms with Crippen molar-refractivity contribution in [2.24, 2.45) is 0 Å². The molecule has 0 spiro atoms. The smallest absolute Gasteiger partial charge is 0.240 e. The van der Waals surface area contributed by atoms with E-state index in [1.54, 1.807) is 0 Å². The number of amides is 1. The zero-order chi connectivity index (χ0) is 16.1. The standard InChI is InChI=1S/C17H28N2O2/c1-16(2,3)18-15(21)17(4,5)19(11-12-20)13-14-9-7-6-8-10-14/h6-10,20H,11-13H2,1-5H3,(H,18,21). The maximum atomic E-state index is 12.6. The van der Waals surface area contributed by atoms with Crippen LogP contribution in [0.15, 0.2) is 30.3 Å². The predicted molar refractivity (Wildman–Crippen MR) is 85.9 cm³/mol. The lowest BCUT2D eigenvalue weighted by molar-refractivity contribution is -0.134. The Morgan fingerprint density at radius 2 is 1.71 bits per heavy atom. The molecule has 1 rings (SSSR count). The summed E-state index contributed by atoms with van der Waals surface area (Å²) < 4.78 is 0. The van der Waals surface area contributed by atoms with Crippen LogP contribution in [0.3, 0.4) is 0 Å². The van der Waals surface area contributed by atoms with Gasteiger partial charge in [0.05, 0.1) is 12.1 Å². The fourth-order valence-corrected chi connectivity index (χ4v) is 2.12. The van der Waals surface area contributed by atoms with Crippen LogP contribution in [0.5, 0.6) is 0 Å². The van der Waals surface area contributed by atoms with E-state index in [1.165, 1.54) is 0 Å². The molecule has 0 atom stereocenters. The van der Waals surface area contributed by atoms with E-state index in [1.807, 2.05) is 69.9 Å². The highest BCUT2D eigenvalue weighted by molar-refractivity contribution is 5.86. The molecule has 0 bridgehead atoms. The van der Waals surface area contributed by atoms with Crippen molar-refractivity contribution in [2.45, 2.75) is 52.2 Å². The van der Waals surface area contributed by atoms with Gasteiger partial charge in [0, 0.05) is 18.6 Å². The number of carbonyl (C=O) groups is 1. The molecule has 4 nitrogen and oxygen atoms in total. The third-order valence-corrected chi connectivity index (χ3v) is 3.42. The average molecular weight is 292 g/mol. The molecule has 1 aromatic rings. The highest BCUT2D eigenvalue weighted by Crippen LogP contribution is 2.19. The molecule has 0 aliphatic heterocycles. The number of β-amino-alcohol motifs (C(OH)–C–C–N with tert-alkyl or cyclic N) is 1. The van der Waals surface area contributed by atoms with Gasteiger partial charge in [0.2, 0.25) is 5.91 Å². The highest BCUT2D eigenvalue weighted by atomic mass is 16.3. The maximum Gasteiger partial charge on any atom is 0.240 e. The molecule has 21 heavy (non-hydrogen) atoms. The Bertz CT molecular complexity index is 450. The summed E-state index contributed by atoms with van der Waals surface area (Å²) in [7, 11) is 0. The molecule has 2 N–H and O–H groups in total. The number of nitrogens with zero attached hydrogens (tertiary/aromatic N) is 1. The van der Waals surface area contributed by atoms with Gasteiger partial charge in [-0.3, -0.25) is 9.69 Å². The number of aliphatic hydroxyl groups excluding tert-OH is 1. The summed E-state index contributed by atoms with van der Waals surface area (Å²) in [6.45, 7) is 10.8. The number of hydrogen-bond donors (Lipinski definition) is 2. The Kier molecular flexibility index (Phi) is 5.93. The largest absolute Gasteiger partial charge is 0.395 e. The minimum Gasteiger partial charge on any atom is -0.395 e. The molecular weight excluding hydrogens is 264 g/mol. The van der Waals surface area contributed by atoms with Crippen LogP contribution in [0.4, 0.5) is 0 Å². The molecule has 0 saturated heterocycles. The second-order valence-corrected chi connectivity index (χ2v) is 6.89. The molecule has 0 aliphatic carbocycles. The minimum absolute atomic E-state index is 0.0268. The van der Waals surface area contributed by atoms with Gasteiger partial charge in [-0.25, -0.2) is 0 Å².